The maximum absolute atomic E-state index is 12.9. The molecule has 3 atom stereocenters. The second-order valence-corrected chi connectivity index (χ2v) is 8.55. The Labute approximate surface area is 182 Å². The molecule has 1 aliphatic carbocycles. The van der Waals surface area contributed by atoms with Gasteiger partial charge in [-0.05, 0) is 42.7 Å². The Morgan fingerprint density at radius 2 is 2.03 bits per heavy atom. The lowest BCUT2D eigenvalue weighted by molar-refractivity contribution is -0.150. The fourth-order valence-corrected chi connectivity index (χ4v) is 4.41. The van der Waals surface area contributed by atoms with Crippen molar-refractivity contribution >= 4 is 29.5 Å². The molecule has 0 unspecified atom stereocenters. The lowest BCUT2D eigenvalue weighted by Crippen LogP contribution is -2.54. The molecule has 0 aromatic heterocycles. The minimum absolute atomic E-state index is 0.00933. The molecule has 2 fully saturated rings. The quantitative estimate of drug-likeness (QED) is 0.512. The van der Waals surface area contributed by atoms with E-state index in [-0.39, 0.29) is 17.7 Å². The highest BCUT2D eigenvalue weighted by Gasteiger charge is 2.55. The van der Waals surface area contributed by atoms with Gasteiger partial charge in [0, 0.05) is 5.69 Å². The molecule has 1 saturated heterocycles. The molecule has 1 aliphatic heterocycles. The van der Waals surface area contributed by atoms with Crippen molar-refractivity contribution in [2.24, 2.45) is 5.92 Å². The van der Waals surface area contributed by atoms with Crippen molar-refractivity contribution < 1.29 is 23.9 Å². The standard InChI is InChI=1S/C23H31N3O5/c1-4-15(2)17-10-5-6-11-18(17)24-19(27)14-31-20(28)13-26-21(29)23(25-22(26)30)12-8-7-9-16(23)3/h5-6,10-11,15-16H,4,7-9,12-14H2,1-3H3,(H,24,27)(H,25,30)/t15-,16-,23+/m0/s1. The van der Waals surface area contributed by atoms with Crippen molar-refractivity contribution in [2.45, 2.75) is 64.3 Å². The summed E-state index contributed by atoms with van der Waals surface area (Å²) in [5.41, 5.74) is 0.767. The van der Waals surface area contributed by atoms with Crippen molar-refractivity contribution in [1.29, 1.82) is 0 Å². The monoisotopic (exact) mass is 429 g/mol. The van der Waals surface area contributed by atoms with Crippen LogP contribution in [0.15, 0.2) is 24.3 Å². The number of anilines is 1. The highest BCUT2D eigenvalue weighted by molar-refractivity contribution is 6.09. The first-order chi connectivity index (χ1) is 14.8. The van der Waals surface area contributed by atoms with Crippen molar-refractivity contribution in [3.8, 4) is 0 Å². The number of para-hydroxylation sites is 1. The van der Waals surface area contributed by atoms with Crippen molar-refractivity contribution in [3.05, 3.63) is 29.8 Å². The van der Waals surface area contributed by atoms with E-state index in [1.54, 1.807) is 6.07 Å². The van der Waals surface area contributed by atoms with Crippen LogP contribution in [0.3, 0.4) is 0 Å². The molecular weight excluding hydrogens is 398 g/mol. The van der Waals surface area contributed by atoms with Crippen LogP contribution in [0.1, 0.15) is 64.4 Å². The van der Waals surface area contributed by atoms with Gasteiger partial charge in [-0.25, -0.2) is 4.79 Å². The number of carbonyl (C=O) groups excluding carboxylic acids is 4. The summed E-state index contributed by atoms with van der Waals surface area (Å²) in [4.78, 5) is 50.7. The molecule has 0 bridgehead atoms. The molecule has 2 aliphatic rings. The second kappa shape index (κ2) is 9.49. The number of urea groups is 1. The van der Waals surface area contributed by atoms with E-state index < -0.39 is 36.6 Å². The lowest BCUT2D eigenvalue weighted by atomic mass is 9.73. The maximum atomic E-state index is 12.9. The summed E-state index contributed by atoms with van der Waals surface area (Å²) in [5, 5.41) is 5.56. The van der Waals surface area contributed by atoms with Gasteiger partial charge in [-0.15, -0.1) is 0 Å². The summed E-state index contributed by atoms with van der Waals surface area (Å²) in [6.45, 7) is 5.09. The Morgan fingerprint density at radius 3 is 2.74 bits per heavy atom. The normalized spacial score (nSPS) is 24.1. The van der Waals surface area contributed by atoms with Gasteiger partial charge in [0.15, 0.2) is 6.61 Å². The van der Waals surface area contributed by atoms with Crippen LogP contribution in [0.5, 0.6) is 0 Å². The van der Waals surface area contributed by atoms with Crippen LogP contribution in [0, 0.1) is 5.92 Å². The highest BCUT2D eigenvalue weighted by atomic mass is 16.5. The second-order valence-electron chi connectivity index (χ2n) is 8.55. The van der Waals surface area contributed by atoms with Crippen molar-refractivity contribution in [1.82, 2.24) is 10.2 Å². The van der Waals surface area contributed by atoms with Crippen LogP contribution in [0.25, 0.3) is 0 Å². The summed E-state index contributed by atoms with van der Waals surface area (Å²) in [6.07, 6.45) is 4.22. The average molecular weight is 430 g/mol. The Bertz CT molecular complexity index is 871. The minimum Gasteiger partial charge on any atom is -0.454 e. The first-order valence-electron chi connectivity index (χ1n) is 11.0. The van der Waals surface area contributed by atoms with Gasteiger partial charge in [0.25, 0.3) is 11.8 Å². The molecule has 8 nitrogen and oxygen atoms in total. The molecule has 1 aromatic carbocycles. The number of amides is 4. The summed E-state index contributed by atoms with van der Waals surface area (Å²) in [7, 11) is 0. The van der Waals surface area contributed by atoms with Gasteiger partial charge < -0.3 is 15.4 Å². The van der Waals surface area contributed by atoms with Gasteiger partial charge >= 0.3 is 12.0 Å². The van der Waals surface area contributed by atoms with E-state index in [1.807, 2.05) is 25.1 Å². The fourth-order valence-electron chi connectivity index (χ4n) is 4.41. The summed E-state index contributed by atoms with van der Waals surface area (Å²) in [6, 6.07) is 6.92. The molecule has 4 amide bonds. The Balaban J connectivity index is 1.54. The summed E-state index contributed by atoms with van der Waals surface area (Å²) in [5.74, 6) is -1.37. The zero-order valence-corrected chi connectivity index (χ0v) is 18.4. The largest absolute Gasteiger partial charge is 0.454 e. The maximum Gasteiger partial charge on any atom is 0.326 e. The Morgan fingerprint density at radius 1 is 1.29 bits per heavy atom. The molecule has 1 saturated carbocycles. The van der Waals surface area contributed by atoms with E-state index in [2.05, 4.69) is 24.5 Å². The van der Waals surface area contributed by atoms with Crippen LogP contribution in [-0.4, -0.2) is 47.4 Å². The average Bonchev–Trinajstić information content (AvgIpc) is 2.99. The molecule has 31 heavy (non-hydrogen) atoms. The molecule has 0 radical (unpaired) electrons. The summed E-state index contributed by atoms with van der Waals surface area (Å²) < 4.78 is 5.04. The van der Waals surface area contributed by atoms with E-state index >= 15 is 0 Å². The molecule has 2 N–H and O–H groups in total. The van der Waals surface area contributed by atoms with E-state index in [1.165, 1.54) is 0 Å². The minimum atomic E-state index is -0.924. The number of carbonyl (C=O) groups is 4. The SMILES string of the molecule is CC[C@H](C)c1ccccc1NC(=O)COC(=O)CN1C(=O)N[C@@]2(CCCC[C@@H]2C)C1=O. The van der Waals surface area contributed by atoms with Gasteiger partial charge in [-0.1, -0.05) is 51.8 Å². The number of hydrogen-bond acceptors (Lipinski definition) is 5. The number of nitrogens with one attached hydrogen (secondary N) is 2. The van der Waals surface area contributed by atoms with Gasteiger partial charge in [-0.2, -0.15) is 0 Å². The van der Waals surface area contributed by atoms with E-state index in [0.717, 1.165) is 36.1 Å². The van der Waals surface area contributed by atoms with Gasteiger partial charge in [0.05, 0.1) is 0 Å². The molecule has 8 heteroatoms. The van der Waals surface area contributed by atoms with E-state index in [0.29, 0.717) is 12.1 Å². The van der Waals surface area contributed by atoms with Crippen LogP contribution in [0.2, 0.25) is 0 Å². The topological polar surface area (TPSA) is 105 Å². The van der Waals surface area contributed by atoms with Gasteiger partial charge in [-0.3, -0.25) is 19.3 Å². The lowest BCUT2D eigenvalue weighted by Gasteiger charge is -2.36. The molecule has 1 aromatic rings. The number of benzene rings is 1. The smallest absolute Gasteiger partial charge is 0.326 e. The van der Waals surface area contributed by atoms with Crippen LogP contribution in [-0.2, 0) is 19.1 Å². The van der Waals surface area contributed by atoms with Crippen LogP contribution < -0.4 is 10.6 Å². The zero-order chi connectivity index (χ0) is 22.6. The van der Waals surface area contributed by atoms with Gasteiger partial charge in [0.1, 0.15) is 12.1 Å². The predicted molar refractivity (Wildman–Crippen MR) is 115 cm³/mol. The first-order valence-corrected chi connectivity index (χ1v) is 11.0. The van der Waals surface area contributed by atoms with E-state index in [4.69, 9.17) is 4.74 Å². The fraction of sp³-hybridized carbons (Fsp3) is 0.565. The number of ether oxygens (including phenoxy) is 1. The number of nitrogens with zero attached hydrogens (tertiary/aromatic N) is 1. The van der Waals surface area contributed by atoms with E-state index in [9.17, 15) is 19.2 Å². The van der Waals surface area contributed by atoms with Gasteiger partial charge in [0.2, 0.25) is 0 Å². The molecule has 1 heterocycles. The molecule has 1 spiro atoms. The molecular formula is C23H31N3O5. The van der Waals surface area contributed by atoms with Crippen LogP contribution >= 0.6 is 0 Å². The Hall–Kier alpha value is -2.90. The number of imide groups is 1. The first kappa shape index (κ1) is 22.8. The van der Waals surface area contributed by atoms with Crippen molar-refractivity contribution in [3.63, 3.8) is 0 Å². The molecule has 168 valence electrons. The third kappa shape index (κ3) is 4.73. The number of esters is 1. The van der Waals surface area contributed by atoms with Crippen LogP contribution in [0.4, 0.5) is 10.5 Å². The molecule has 3 rings (SSSR count). The summed E-state index contributed by atoms with van der Waals surface area (Å²) >= 11 is 0. The van der Waals surface area contributed by atoms with Crippen molar-refractivity contribution in [2.75, 3.05) is 18.5 Å². The predicted octanol–water partition coefficient (Wildman–Crippen LogP) is 3.18. The highest BCUT2D eigenvalue weighted by Crippen LogP contribution is 2.38. The Kier molecular flexibility index (Phi) is 6.97. The number of rotatable bonds is 7. The number of hydrogen-bond donors (Lipinski definition) is 2. The third-order valence-electron chi connectivity index (χ3n) is 6.53. The third-order valence-corrected chi connectivity index (χ3v) is 6.53. The zero-order valence-electron chi connectivity index (χ0n) is 18.4.